The van der Waals surface area contributed by atoms with E-state index in [1.165, 1.54) is 5.56 Å². The van der Waals surface area contributed by atoms with E-state index in [2.05, 4.69) is 24.0 Å². The summed E-state index contributed by atoms with van der Waals surface area (Å²) in [5.74, 6) is 0.904. The first-order chi connectivity index (χ1) is 8.88. The van der Waals surface area contributed by atoms with Crippen molar-refractivity contribution in [1.82, 2.24) is 4.98 Å². The Bertz CT molecular complexity index is 423. The summed E-state index contributed by atoms with van der Waals surface area (Å²) in [5, 5.41) is 0. The van der Waals surface area contributed by atoms with Crippen molar-refractivity contribution in [2.24, 2.45) is 0 Å². The fourth-order valence-electron chi connectivity index (χ4n) is 1.47. The summed E-state index contributed by atoms with van der Waals surface area (Å²) in [5.41, 5.74) is 2.41. The highest BCUT2D eigenvalue weighted by Gasteiger charge is 1.95. The second-order valence-corrected chi connectivity index (χ2v) is 3.65. The number of ether oxygens (including phenoxy) is 1. The third-order valence-corrected chi connectivity index (χ3v) is 2.46. The van der Waals surface area contributed by atoms with Crippen LogP contribution in [0.25, 0.3) is 0 Å². The van der Waals surface area contributed by atoms with Crippen LogP contribution in [0.5, 0.6) is 5.75 Å². The average molecular weight is 243 g/mol. The van der Waals surface area contributed by atoms with E-state index >= 15 is 0 Å². The van der Waals surface area contributed by atoms with E-state index in [4.69, 9.17) is 4.74 Å². The molecule has 0 spiro atoms. The average Bonchev–Trinajstić information content (AvgIpc) is 2.49. The molecule has 1 aromatic heterocycles. The first-order valence-corrected chi connectivity index (χ1v) is 6.49. The topological polar surface area (TPSA) is 22.1 Å². The molecule has 0 fully saturated rings. The molecule has 0 amide bonds. The van der Waals surface area contributed by atoms with Crippen LogP contribution < -0.4 is 4.74 Å². The number of aromatic nitrogens is 1. The summed E-state index contributed by atoms with van der Waals surface area (Å²) < 4.78 is 5.65. The van der Waals surface area contributed by atoms with Gasteiger partial charge in [-0.1, -0.05) is 39.0 Å². The van der Waals surface area contributed by atoms with Gasteiger partial charge in [-0.2, -0.15) is 0 Å². The molecule has 1 aromatic carbocycles. The van der Waals surface area contributed by atoms with Gasteiger partial charge >= 0.3 is 0 Å². The first-order valence-electron chi connectivity index (χ1n) is 6.49. The molecule has 0 unspecified atom stereocenters. The second-order valence-electron chi connectivity index (χ2n) is 3.65. The molecule has 96 valence electrons. The number of hydrogen-bond donors (Lipinski definition) is 0. The maximum Gasteiger partial charge on any atom is 0.119 e. The van der Waals surface area contributed by atoms with Crippen molar-refractivity contribution in [3.63, 3.8) is 0 Å². The Morgan fingerprint density at radius 3 is 2.28 bits per heavy atom. The van der Waals surface area contributed by atoms with Gasteiger partial charge < -0.3 is 4.74 Å². The quantitative estimate of drug-likeness (QED) is 0.801. The smallest absolute Gasteiger partial charge is 0.119 e. The summed E-state index contributed by atoms with van der Waals surface area (Å²) in [6.45, 7) is 6.71. The molecule has 0 saturated carbocycles. The van der Waals surface area contributed by atoms with E-state index < -0.39 is 0 Å². The van der Waals surface area contributed by atoms with Crippen LogP contribution in [0, 0.1) is 0 Å². The van der Waals surface area contributed by atoms with Crippen LogP contribution in [0.3, 0.4) is 0 Å². The molecule has 0 N–H and O–H groups in total. The highest BCUT2D eigenvalue weighted by Crippen LogP contribution is 2.14. The summed E-state index contributed by atoms with van der Waals surface area (Å²) in [7, 11) is 0. The first kappa shape index (κ1) is 14.2. The zero-order chi connectivity index (χ0) is 13.2. The lowest BCUT2D eigenvalue weighted by Crippen LogP contribution is -1.95. The monoisotopic (exact) mass is 243 g/mol. The predicted molar refractivity (Wildman–Crippen MR) is 75.7 cm³/mol. The summed E-state index contributed by atoms with van der Waals surface area (Å²) in [6.07, 6.45) is 4.64. The molecule has 0 aliphatic heterocycles. The minimum atomic E-state index is 0.569. The highest BCUT2D eigenvalue weighted by atomic mass is 16.5. The van der Waals surface area contributed by atoms with Crippen molar-refractivity contribution in [2.45, 2.75) is 33.8 Å². The lowest BCUT2D eigenvalue weighted by Gasteiger charge is -2.06. The van der Waals surface area contributed by atoms with Gasteiger partial charge in [0, 0.05) is 18.0 Å². The van der Waals surface area contributed by atoms with Crippen LogP contribution >= 0.6 is 0 Å². The van der Waals surface area contributed by atoms with E-state index in [1.807, 2.05) is 44.3 Å². The standard InChI is InChI=1S/C14H15NO.C2H6/c1-2-12-5-7-14(8-6-12)16-11-13-4-3-9-15-10-13;1-2/h3-10H,2,11H2,1H3;1-2H3. The minimum absolute atomic E-state index is 0.569. The molecule has 1 heterocycles. The maximum atomic E-state index is 5.65. The largest absolute Gasteiger partial charge is 0.489 e. The van der Waals surface area contributed by atoms with Gasteiger partial charge in [-0.3, -0.25) is 4.98 Å². The van der Waals surface area contributed by atoms with Crippen LogP contribution in [0.2, 0.25) is 0 Å². The van der Waals surface area contributed by atoms with Gasteiger partial charge in [0.05, 0.1) is 0 Å². The molecular formula is C16H21NO. The van der Waals surface area contributed by atoms with E-state index in [1.54, 1.807) is 6.20 Å². The highest BCUT2D eigenvalue weighted by molar-refractivity contribution is 5.27. The maximum absolute atomic E-state index is 5.65. The van der Waals surface area contributed by atoms with E-state index in [-0.39, 0.29) is 0 Å². The Morgan fingerprint density at radius 1 is 1.00 bits per heavy atom. The Hall–Kier alpha value is -1.83. The Labute approximate surface area is 110 Å². The number of nitrogens with zero attached hydrogens (tertiary/aromatic N) is 1. The third-order valence-electron chi connectivity index (χ3n) is 2.46. The number of aryl methyl sites for hydroxylation is 1. The van der Waals surface area contributed by atoms with Crippen molar-refractivity contribution in [2.75, 3.05) is 0 Å². The molecule has 0 bridgehead atoms. The predicted octanol–water partition coefficient (Wildman–Crippen LogP) is 4.25. The van der Waals surface area contributed by atoms with Crippen LogP contribution in [0.4, 0.5) is 0 Å². The Balaban J connectivity index is 0.000000771. The molecule has 0 aliphatic carbocycles. The molecule has 2 heteroatoms. The normalized spacial score (nSPS) is 9.28. The molecular weight excluding hydrogens is 222 g/mol. The number of rotatable bonds is 4. The fraction of sp³-hybridized carbons (Fsp3) is 0.312. The molecule has 0 saturated heterocycles. The molecule has 2 rings (SSSR count). The summed E-state index contributed by atoms with van der Waals surface area (Å²) in [4.78, 5) is 4.04. The number of hydrogen-bond acceptors (Lipinski definition) is 2. The summed E-state index contributed by atoms with van der Waals surface area (Å²) in [6, 6.07) is 12.1. The molecule has 0 aliphatic rings. The van der Waals surface area contributed by atoms with Gasteiger partial charge in [0.2, 0.25) is 0 Å². The van der Waals surface area contributed by atoms with E-state index in [9.17, 15) is 0 Å². The van der Waals surface area contributed by atoms with Crippen LogP contribution in [0.1, 0.15) is 31.9 Å². The van der Waals surface area contributed by atoms with E-state index in [0.717, 1.165) is 17.7 Å². The van der Waals surface area contributed by atoms with Crippen molar-refractivity contribution >= 4 is 0 Å². The zero-order valence-corrected chi connectivity index (χ0v) is 11.4. The van der Waals surface area contributed by atoms with Crippen LogP contribution in [0.15, 0.2) is 48.8 Å². The minimum Gasteiger partial charge on any atom is -0.489 e. The third kappa shape index (κ3) is 4.58. The molecule has 0 radical (unpaired) electrons. The van der Waals surface area contributed by atoms with Crippen molar-refractivity contribution in [3.05, 3.63) is 59.9 Å². The SMILES string of the molecule is CC.CCc1ccc(OCc2cccnc2)cc1. The van der Waals surface area contributed by atoms with Gasteiger partial charge in [-0.05, 0) is 30.2 Å². The fourth-order valence-corrected chi connectivity index (χ4v) is 1.47. The molecule has 0 atom stereocenters. The van der Waals surface area contributed by atoms with Gasteiger partial charge in [-0.15, -0.1) is 0 Å². The van der Waals surface area contributed by atoms with Crippen LogP contribution in [-0.4, -0.2) is 4.98 Å². The van der Waals surface area contributed by atoms with Gasteiger partial charge in [-0.25, -0.2) is 0 Å². The van der Waals surface area contributed by atoms with Crippen LogP contribution in [-0.2, 0) is 13.0 Å². The molecule has 2 nitrogen and oxygen atoms in total. The number of pyridine rings is 1. The molecule has 2 aromatic rings. The van der Waals surface area contributed by atoms with Crippen molar-refractivity contribution in [1.29, 1.82) is 0 Å². The van der Waals surface area contributed by atoms with Crippen molar-refractivity contribution in [3.8, 4) is 5.75 Å². The lowest BCUT2D eigenvalue weighted by atomic mass is 10.2. The summed E-state index contributed by atoms with van der Waals surface area (Å²) >= 11 is 0. The Morgan fingerprint density at radius 2 is 1.72 bits per heavy atom. The van der Waals surface area contributed by atoms with Gasteiger partial charge in [0.15, 0.2) is 0 Å². The van der Waals surface area contributed by atoms with Gasteiger partial charge in [0.25, 0.3) is 0 Å². The second kappa shape index (κ2) is 8.29. The molecule has 18 heavy (non-hydrogen) atoms. The Kier molecular flexibility index (Phi) is 6.55. The van der Waals surface area contributed by atoms with Gasteiger partial charge in [0.1, 0.15) is 12.4 Å². The zero-order valence-electron chi connectivity index (χ0n) is 11.4. The lowest BCUT2D eigenvalue weighted by molar-refractivity contribution is 0.305. The number of benzene rings is 1. The van der Waals surface area contributed by atoms with Crippen molar-refractivity contribution < 1.29 is 4.74 Å². The van der Waals surface area contributed by atoms with E-state index in [0.29, 0.717) is 6.61 Å².